The number of fused-ring (bicyclic) bond motifs is 3. The molecule has 4 aliphatic rings. The molecule has 1 aliphatic heterocycles. The number of imide groups is 1. The van der Waals surface area contributed by atoms with Crippen molar-refractivity contribution in [3.63, 3.8) is 0 Å². The van der Waals surface area contributed by atoms with Crippen LogP contribution < -0.4 is 4.90 Å². The van der Waals surface area contributed by atoms with Crippen molar-refractivity contribution in [1.29, 1.82) is 0 Å². The van der Waals surface area contributed by atoms with E-state index in [0.29, 0.717) is 17.3 Å². The van der Waals surface area contributed by atoms with Gasteiger partial charge in [0.15, 0.2) is 0 Å². The van der Waals surface area contributed by atoms with Crippen molar-refractivity contribution in [2.45, 2.75) is 25.7 Å². The molecule has 1 heterocycles. The highest BCUT2D eigenvalue weighted by Gasteiger charge is 2.74. The maximum Gasteiger partial charge on any atom is 0.237 e. The number of carbonyl (C=O) groups excluding carboxylic acids is 2. The van der Waals surface area contributed by atoms with E-state index in [0.717, 1.165) is 23.0 Å². The van der Waals surface area contributed by atoms with Gasteiger partial charge in [0.2, 0.25) is 11.8 Å². The second-order valence-electron chi connectivity index (χ2n) is 7.06. The lowest BCUT2D eigenvalue weighted by Gasteiger charge is -2.21. The van der Waals surface area contributed by atoms with E-state index in [4.69, 9.17) is 0 Å². The summed E-state index contributed by atoms with van der Waals surface area (Å²) >= 11 is 3.40. The van der Waals surface area contributed by atoms with E-state index in [1.54, 1.807) is 0 Å². The van der Waals surface area contributed by atoms with Gasteiger partial charge in [0.25, 0.3) is 0 Å². The van der Waals surface area contributed by atoms with E-state index in [1.807, 2.05) is 24.3 Å². The van der Waals surface area contributed by atoms with Crippen molar-refractivity contribution in [2.75, 3.05) is 4.90 Å². The average molecular weight is 346 g/mol. The van der Waals surface area contributed by atoms with Crippen LogP contribution in [-0.4, -0.2) is 11.8 Å². The summed E-state index contributed by atoms with van der Waals surface area (Å²) in [5.41, 5.74) is 1.11. The molecule has 4 fully saturated rings. The number of hydrogen-bond acceptors (Lipinski definition) is 2. The molecule has 4 heteroatoms. The molecule has 3 saturated carbocycles. The van der Waals surface area contributed by atoms with Gasteiger partial charge in [-0.25, -0.2) is 0 Å². The normalized spacial score (nSPS) is 38.4. The molecule has 0 aromatic heterocycles. The fourth-order valence-corrected chi connectivity index (χ4v) is 5.84. The Labute approximate surface area is 131 Å². The van der Waals surface area contributed by atoms with Crippen molar-refractivity contribution in [3.05, 3.63) is 28.7 Å². The second kappa shape index (κ2) is 3.78. The van der Waals surface area contributed by atoms with Gasteiger partial charge in [0.1, 0.15) is 0 Å². The molecule has 4 unspecified atom stereocenters. The van der Waals surface area contributed by atoms with Gasteiger partial charge >= 0.3 is 0 Å². The first-order valence-electron chi connectivity index (χ1n) is 7.77. The van der Waals surface area contributed by atoms with E-state index >= 15 is 0 Å². The maximum absolute atomic E-state index is 12.9. The fraction of sp³-hybridized carbons (Fsp3) is 0.529. The lowest BCUT2D eigenvalue weighted by Crippen LogP contribution is -2.34. The first-order valence-corrected chi connectivity index (χ1v) is 8.56. The standard InChI is InChI=1S/C17H16BrNO2/c18-9-1-3-10(4-2-9)19-15(20)13-11-5-6-12(14(13)16(19)21)17(11)7-8-17/h1-4,11-14H,5-8H2. The van der Waals surface area contributed by atoms with Crippen molar-refractivity contribution in [1.82, 2.24) is 0 Å². The van der Waals surface area contributed by atoms with Crippen molar-refractivity contribution < 1.29 is 9.59 Å². The van der Waals surface area contributed by atoms with Gasteiger partial charge in [-0.3, -0.25) is 14.5 Å². The summed E-state index contributed by atoms with van der Waals surface area (Å²) in [6.45, 7) is 0. The Balaban J connectivity index is 1.56. The minimum atomic E-state index is -0.0256. The summed E-state index contributed by atoms with van der Waals surface area (Å²) in [6.07, 6.45) is 4.79. The molecule has 21 heavy (non-hydrogen) atoms. The third-order valence-corrected chi connectivity index (χ3v) is 6.97. The Morgan fingerprint density at radius 1 is 0.952 bits per heavy atom. The molecule has 0 N–H and O–H groups in total. The van der Waals surface area contributed by atoms with Crippen LogP contribution in [0.25, 0.3) is 0 Å². The molecule has 3 aliphatic carbocycles. The minimum absolute atomic E-state index is 0.0256. The number of anilines is 1. The summed E-state index contributed by atoms with van der Waals surface area (Å²) < 4.78 is 0.961. The van der Waals surface area contributed by atoms with Crippen LogP contribution in [0.5, 0.6) is 0 Å². The first kappa shape index (κ1) is 12.4. The van der Waals surface area contributed by atoms with Crippen LogP contribution in [0.4, 0.5) is 5.69 Å². The van der Waals surface area contributed by atoms with Crippen molar-refractivity contribution in [3.8, 4) is 0 Å². The minimum Gasteiger partial charge on any atom is -0.274 e. The zero-order chi connectivity index (χ0) is 14.4. The Morgan fingerprint density at radius 2 is 1.48 bits per heavy atom. The highest BCUT2D eigenvalue weighted by atomic mass is 79.9. The van der Waals surface area contributed by atoms with Gasteiger partial charge in [-0.15, -0.1) is 0 Å². The Hall–Kier alpha value is -1.16. The Kier molecular flexibility index (Phi) is 2.23. The number of carbonyl (C=O) groups is 2. The summed E-state index contributed by atoms with van der Waals surface area (Å²) in [7, 11) is 0. The molecule has 5 rings (SSSR count). The molecule has 2 amide bonds. The Morgan fingerprint density at radius 3 is 1.95 bits per heavy atom. The van der Waals surface area contributed by atoms with Crippen LogP contribution in [0.3, 0.4) is 0 Å². The van der Waals surface area contributed by atoms with Crippen LogP contribution in [0.15, 0.2) is 28.7 Å². The molecule has 1 saturated heterocycles. The van der Waals surface area contributed by atoms with E-state index in [2.05, 4.69) is 15.9 Å². The van der Waals surface area contributed by atoms with E-state index < -0.39 is 0 Å². The molecular formula is C17H16BrNO2. The van der Waals surface area contributed by atoms with Gasteiger partial charge in [0.05, 0.1) is 17.5 Å². The molecule has 2 bridgehead atoms. The topological polar surface area (TPSA) is 37.4 Å². The molecule has 1 spiro atoms. The van der Waals surface area contributed by atoms with Crippen LogP contribution in [-0.2, 0) is 9.59 Å². The predicted molar refractivity (Wildman–Crippen MR) is 81.5 cm³/mol. The van der Waals surface area contributed by atoms with Gasteiger partial charge in [-0.1, -0.05) is 15.9 Å². The largest absolute Gasteiger partial charge is 0.274 e. The molecular weight excluding hydrogens is 330 g/mol. The SMILES string of the molecule is O=C1C2C(C(=O)N1c1ccc(Br)cc1)C1CCC2C12CC2. The monoisotopic (exact) mass is 345 g/mol. The van der Waals surface area contributed by atoms with E-state index in [9.17, 15) is 9.59 Å². The maximum atomic E-state index is 12.9. The summed E-state index contributed by atoms with van der Waals surface area (Å²) in [6, 6.07) is 7.49. The predicted octanol–water partition coefficient (Wildman–Crippen LogP) is 3.37. The average Bonchev–Trinajstić information content (AvgIpc) is 3.07. The summed E-state index contributed by atoms with van der Waals surface area (Å²) in [5.74, 6) is 1.02. The van der Waals surface area contributed by atoms with Gasteiger partial charge < -0.3 is 0 Å². The summed E-state index contributed by atoms with van der Waals surface area (Å²) in [4.78, 5) is 27.2. The van der Waals surface area contributed by atoms with Crippen LogP contribution in [0.2, 0.25) is 0 Å². The van der Waals surface area contributed by atoms with Gasteiger partial charge in [0, 0.05) is 4.47 Å². The zero-order valence-corrected chi connectivity index (χ0v) is 13.2. The third-order valence-electron chi connectivity index (χ3n) is 6.44. The van der Waals surface area contributed by atoms with E-state index in [1.165, 1.54) is 17.7 Å². The van der Waals surface area contributed by atoms with Gasteiger partial charge in [-0.2, -0.15) is 0 Å². The molecule has 1 aromatic carbocycles. The molecule has 0 radical (unpaired) electrons. The quantitative estimate of drug-likeness (QED) is 0.731. The van der Waals surface area contributed by atoms with E-state index in [-0.39, 0.29) is 23.7 Å². The smallest absolute Gasteiger partial charge is 0.237 e. The molecule has 108 valence electrons. The van der Waals surface area contributed by atoms with Crippen LogP contribution in [0.1, 0.15) is 25.7 Å². The molecule has 1 aromatic rings. The summed E-state index contributed by atoms with van der Waals surface area (Å²) in [5, 5.41) is 0. The lowest BCUT2D eigenvalue weighted by atomic mass is 9.81. The van der Waals surface area contributed by atoms with Gasteiger partial charge in [-0.05, 0) is 67.2 Å². The highest BCUT2D eigenvalue weighted by Crippen LogP contribution is 2.76. The second-order valence-corrected chi connectivity index (χ2v) is 7.98. The van der Waals surface area contributed by atoms with Crippen molar-refractivity contribution in [2.24, 2.45) is 29.1 Å². The number of nitrogens with zero attached hydrogens (tertiary/aromatic N) is 1. The molecule has 3 nitrogen and oxygen atoms in total. The molecule has 4 atom stereocenters. The van der Waals surface area contributed by atoms with Crippen LogP contribution in [0, 0.1) is 29.1 Å². The number of rotatable bonds is 1. The van der Waals surface area contributed by atoms with Crippen molar-refractivity contribution >= 4 is 33.4 Å². The highest BCUT2D eigenvalue weighted by molar-refractivity contribution is 9.10. The third kappa shape index (κ3) is 1.35. The van der Waals surface area contributed by atoms with Crippen LogP contribution >= 0.6 is 15.9 Å². The first-order chi connectivity index (χ1) is 10.1. The Bertz CT molecular complexity index is 632. The number of halogens is 1. The zero-order valence-electron chi connectivity index (χ0n) is 11.6. The lowest BCUT2D eigenvalue weighted by molar-refractivity contribution is -0.123. The number of amides is 2. The number of benzene rings is 1. The number of hydrogen-bond donors (Lipinski definition) is 0. The fourth-order valence-electron chi connectivity index (χ4n) is 5.57.